The first-order valence-corrected chi connectivity index (χ1v) is 8.11. The Bertz CT molecular complexity index is 891. The summed E-state index contributed by atoms with van der Waals surface area (Å²) >= 11 is 1.26. The number of nitrogens with one attached hydrogen (secondary N) is 1. The fraction of sp³-hybridized carbons (Fsp3) is 0.167. The number of carbonyl (C=O) groups excluding carboxylic acids is 1. The lowest BCUT2D eigenvalue weighted by molar-refractivity contribution is 0.0955. The average Bonchev–Trinajstić information content (AvgIpc) is 3.05. The Hall–Kier alpha value is -2.60. The molecule has 0 unspecified atom stereocenters. The second-order valence-electron chi connectivity index (χ2n) is 5.12. The summed E-state index contributed by atoms with van der Waals surface area (Å²) in [5, 5.41) is 3.30. The van der Waals surface area contributed by atoms with Crippen LogP contribution in [0.2, 0.25) is 0 Å². The zero-order valence-corrected chi connectivity index (χ0v) is 14.1. The normalized spacial score (nSPS) is 10.6. The van der Waals surface area contributed by atoms with E-state index in [0.717, 1.165) is 10.3 Å². The summed E-state index contributed by atoms with van der Waals surface area (Å²) < 4.78 is 25.0. The van der Waals surface area contributed by atoms with Gasteiger partial charge in [0, 0.05) is 22.2 Å². The van der Waals surface area contributed by atoms with Crippen molar-refractivity contribution in [3.63, 3.8) is 0 Å². The van der Waals surface area contributed by atoms with Crippen molar-refractivity contribution in [1.29, 1.82) is 0 Å². The fourth-order valence-electron chi connectivity index (χ4n) is 2.42. The first kappa shape index (κ1) is 16.3. The van der Waals surface area contributed by atoms with Crippen LogP contribution < -0.4 is 14.8 Å². The second-order valence-corrected chi connectivity index (χ2v) is 6.21. The van der Waals surface area contributed by atoms with E-state index in [-0.39, 0.29) is 18.3 Å². The van der Waals surface area contributed by atoms with E-state index >= 15 is 0 Å². The largest absolute Gasteiger partial charge is 0.497 e. The van der Waals surface area contributed by atoms with Crippen LogP contribution in [0.25, 0.3) is 10.1 Å². The van der Waals surface area contributed by atoms with Gasteiger partial charge in [0.15, 0.2) is 0 Å². The predicted molar refractivity (Wildman–Crippen MR) is 92.5 cm³/mol. The molecule has 0 saturated carbocycles. The minimum atomic E-state index is -0.322. The van der Waals surface area contributed by atoms with E-state index in [1.807, 2.05) is 6.07 Å². The third-order valence-electron chi connectivity index (χ3n) is 3.66. The Kier molecular flexibility index (Phi) is 4.66. The van der Waals surface area contributed by atoms with E-state index in [2.05, 4.69) is 5.32 Å². The van der Waals surface area contributed by atoms with Crippen molar-refractivity contribution in [2.45, 2.75) is 6.54 Å². The highest BCUT2D eigenvalue weighted by Crippen LogP contribution is 2.28. The SMILES string of the molecule is COc1ccc(OC)c(CNC(=O)c2cc3c(F)cccc3s2)c1. The summed E-state index contributed by atoms with van der Waals surface area (Å²) in [6.07, 6.45) is 0. The van der Waals surface area contributed by atoms with Gasteiger partial charge < -0.3 is 14.8 Å². The van der Waals surface area contributed by atoms with Crippen molar-refractivity contribution in [3.8, 4) is 11.5 Å². The van der Waals surface area contributed by atoms with Crippen LogP contribution in [0, 0.1) is 5.82 Å². The predicted octanol–water partition coefficient (Wildman–Crippen LogP) is 3.99. The molecular weight excluding hydrogens is 329 g/mol. The lowest BCUT2D eigenvalue weighted by atomic mass is 10.2. The molecule has 0 spiro atoms. The van der Waals surface area contributed by atoms with Crippen molar-refractivity contribution >= 4 is 27.3 Å². The van der Waals surface area contributed by atoms with Crippen molar-refractivity contribution in [3.05, 3.63) is 58.7 Å². The highest BCUT2D eigenvalue weighted by Gasteiger charge is 2.13. The minimum absolute atomic E-state index is 0.250. The third kappa shape index (κ3) is 3.19. The summed E-state index contributed by atoms with van der Waals surface area (Å²) in [6, 6.07) is 11.8. The van der Waals surface area contributed by atoms with Crippen molar-refractivity contribution < 1.29 is 18.7 Å². The van der Waals surface area contributed by atoms with Gasteiger partial charge in [-0.1, -0.05) is 6.07 Å². The molecule has 0 saturated heterocycles. The standard InChI is InChI=1S/C18H16FNO3S/c1-22-12-6-7-15(23-2)11(8-12)10-20-18(21)17-9-13-14(19)4-3-5-16(13)24-17/h3-9H,10H2,1-2H3,(H,20,21). The van der Waals surface area contributed by atoms with E-state index < -0.39 is 0 Å². The molecule has 0 bridgehead atoms. The Morgan fingerprint density at radius 2 is 2.00 bits per heavy atom. The molecule has 1 N–H and O–H groups in total. The lowest BCUT2D eigenvalue weighted by Gasteiger charge is -2.11. The van der Waals surface area contributed by atoms with E-state index in [9.17, 15) is 9.18 Å². The summed E-state index contributed by atoms with van der Waals surface area (Å²) in [5.74, 6) is 0.778. The van der Waals surface area contributed by atoms with Crippen LogP contribution in [0.4, 0.5) is 4.39 Å². The molecule has 0 aliphatic carbocycles. The monoisotopic (exact) mass is 345 g/mol. The number of rotatable bonds is 5. The number of thiophene rings is 1. The molecule has 0 aliphatic rings. The fourth-order valence-corrected chi connectivity index (χ4v) is 3.41. The van der Waals surface area contributed by atoms with Gasteiger partial charge in [0.2, 0.25) is 0 Å². The van der Waals surface area contributed by atoms with Gasteiger partial charge in [-0.25, -0.2) is 4.39 Å². The second kappa shape index (κ2) is 6.88. The maximum absolute atomic E-state index is 13.7. The molecule has 0 radical (unpaired) electrons. The summed E-state index contributed by atoms with van der Waals surface area (Å²) in [7, 11) is 3.15. The molecule has 124 valence electrons. The summed E-state index contributed by atoms with van der Waals surface area (Å²) in [4.78, 5) is 12.8. The number of methoxy groups -OCH3 is 2. The van der Waals surface area contributed by atoms with Crippen molar-refractivity contribution in [1.82, 2.24) is 5.32 Å². The molecule has 4 nitrogen and oxygen atoms in total. The van der Waals surface area contributed by atoms with Gasteiger partial charge in [0.1, 0.15) is 17.3 Å². The molecule has 24 heavy (non-hydrogen) atoms. The Balaban J connectivity index is 1.78. The van der Waals surface area contributed by atoms with Crippen LogP contribution >= 0.6 is 11.3 Å². The molecular formula is C18H16FNO3S. The number of halogens is 1. The summed E-state index contributed by atoms with van der Waals surface area (Å²) in [5.41, 5.74) is 0.803. The van der Waals surface area contributed by atoms with Crippen LogP contribution in [0.5, 0.6) is 11.5 Å². The first-order chi connectivity index (χ1) is 11.6. The Morgan fingerprint density at radius 1 is 1.17 bits per heavy atom. The van der Waals surface area contributed by atoms with Crippen molar-refractivity contribution in [2.24, 2.45) is 0 Å². The van der Waals surface area contributed by atoms with Gasteiger partial charge in [-0.2, -0.15) is 0 Å². The number of fused-ring (bicyclic) bond motifs is 1. The van der Waals surface area contributed by atoms with Gasteiger partial charge in [0.25, 0.3) is 5.91 Å². The topological polar surface area (TPSA) is 47.6 Å². The number of hydrogen-bond acceptors (Lipinski definition) is 4. The zero-order chi connectivity index (χ0) is 17.1. The molecule has 3 aromatic rings. The number of carbonyl (C=O) groups is 1. The zero-order valence-electron chi connectivity index (χ0n) is 13.3. The Morgan fingerprint density at radius 3 is 2.71 bits per heavy atom. The number of ether oxygens (including phenoxy) is 2. The molecule has 1 aromatic heterocycles. The molecule has 1 amide bonds. The third-order valence-corrected chi connectivity index (χ3v) is 4.76. The van der Waals surface area contributed by atoms with Gasteiger partial charge >= 0.3 is 0 Å². The van der Waals surface area contributed by atoms with Gasteiger partial charge in [-0.15, -0.1) is 11.3 Å². The van der Waals surface area contributed by atoms with Crippen LogP contribution in [0.3, 0.4) is 0 Å². The average molecular weight is 345 g/mol. The molecule has 0 aliphatic heterocycles. The van der Waals surface area contributed by atoms with Gasteiger partial charge in [0.05, 0.1) is 19.1 Å². The molecule has 2 aromatic carbocycles. The smallest absolute Gasteiger partial charge is 0.261 e. The van der Waals surface area contributed by atoms with Crippen molar-refractivity contribution in [2.75, 3.05) is 14.2 Å². The maximum Gasteiger partial charge on any atom is 0.261 e. The molecule has 0 fully saturated rings. The van der Waals surface area contributed by atoms with Gasteiger partial charge in [-0.05, 0) is 36.4 Å². The number of hydrogen-bond donors (Lipinski definition) is 1. The van der Waals surface area contributed by atoms with Crippen LogP contribution in [-0.2, 0) is 6.54 Å². The minimum Gasteiger partial charge on any atom is -0.497 e. The van der Waals surface area contributed by atoms with E-state index in [0.29, 0.717) is 21.8 Å². The van der Waals surface area contributed by atoms with Gasteiger partial charge in [-0.3, -0.25) is 4.79 Å². The highest BCUT2D eigenvalue weighted by molar-refractivity contribution is 7.20. The van der Waals surface area contributed by atoms with Crippen LogP contribution in [0.15, 0.2) is 42.5 Å². The summed E-state index contributed by atoms with van der Waals surface area (Å²) in [6.45, 7) is 0.288. The molecule has 1 heterocycles. The van der Waals surface area contributed by atoms with Crippen LogP contribution in [-0.4, -0.2) is 20.1 Å². The van der Waals surface area contributed by atoms with Crippen LogP contribution in [0.1, 0.15) is 15.2 Å². The molecule has 0 atom stereocenters. The van der Waals surface area contributed by atoms with E-state index in [1.54, 1.807) is 44.6 Å². The number of benzene rings is 2. The number of amides is 1. The maximum atomic E-state index is 13.7. The van der Waals surface area contributed by atoms with E-state index in [4.69, 9.17) is 9.47 Å². The quantitative estimate of drug-likeness (QED) is 0.761. The highest BCUT2D eigenvalue weighted by atomic mass is 32.1. The first-order valence-electron chi connectivity index (χ1n) is 7.29. The molecule has 3 rings (SSSR count). The lowest BCUT2D eigenvalue weighted by Crippen LogP contribution is -2.22. The Labute approximate surface area is 142 Å². The van der Waals surface area contributed by atoms with E-state index in [1.165, 1.54) is 17.4 Å². The molecule has 6 heteroatoms.